The second kappa shape index (κ2) is 4.69. The molecule has 0 aliphatic carbocycles. The van der Waals surface area contributed by atoms with Crippen molar-refractivity contribution >= 4 is 11.9 Å². The summed E-state index contributed by atoms with van der Waals surface area (Å²) < 4.78 is 0. The number of hydrogen-bond acceptors (Lipinski definition) is 2. The molecule has 74 valence electrons. The molecular weight excluding hydrogens is 170 g/mol. The molecule has 0 aromatic carbocycles. The van der Waals surface area contributed by atoms with Gasteiger partial charge in [-0.1, -0.05) is 0 Å². The molecular formula is C8H15N3O2. The molecule has 1 fully saturated rings. The van der Waals surface area contributed by atoms with Crippen LogP contribution in [0.3, 0.4) is 0 Å². The van der Waals surface area contributed by atoms with Crippen LogP contribution in [-0.2, 0) is 4.79 Å². The average molecular weight is 185 g/mol. The zero-order valence-electron chi connectivity index (χ0n) is 7.58. The van der Waals surface area contributed by atoms with E-state index >= 15 is 0 Å². The van der Waals surface area contributed by atoms with Crippen molar-refractivity contribution < 1.29 is 9.59 Å². The fourth-order valence-corrected chi connectivity index (χ4v) is 1.42. The number of urea groups is 1. The van der Waals surface area contributed by atoms with Crippen molar-refractivity contribution in [2.75, 3.05) is 19.6 Å². The van der Waals surface area contributed by atoms with Crippen LogP contribution >= 0.6 is 0 Å². The lowest BCUT2D eigenvalue weighted by Gasteiger charge is -2.26. The van der Waals surface area contributed by atoms with Gasteiger partial charge in [-0.25, -0.2) is 4.79 Å². The highest BCUT2D eigenvalue weighted by atomic mass is 16.2. The summed E-state index contributed by atoms with van der Waals surface area (Å²) in [4.78, 5) is 23.4. The fraction of sp³-hybridized carbons (Fsp3) is 0.750. The second-order valence-corrected chi connectivity index (χ2v) is 3.16. The van der Waals surface area contributed by atoms with Gasteiger partial charge in [-0.15, -0.1) is 0 Å². The predicted octanol–water partition coefficient (Wildman–Crippen LogP) is -0.333. The van der Waals surface area contributed by atoms with Crippen LogP contribution in [0.4, 0.5) is 4.79 Å². The first-order valence-corrected chi connectivity index (χ1v) is 4.51. The molecule has 0 saturated carbocycles. The van der Waals surface area contributed by atoms with Gasteiger partial charge in [-0.2, -0.15) is 0 Å². The summed E-state index contributed by atoms with van der Waals surface area (Å²) in [6, 6.07) is -0.648. The third-order valence-corrected chi connectivity index (χ3v) is 2.12. The Kier molecular flexibility index (Phi) is 3.54. The second-order valence-electron chi connectivity index (χ2n) is 3.16. The van der Waals surface area contributed by atoms with Gasteiger partial charge in [0.1, 0.15) is 0 Å². The molecule has 0 aromatic heterocycles. The number of nitrogens with two attached hydrogens (primary N) is 1. The van der Waals surface area contributed by atoms with Gasteiger partial charge in [0.25, 0.3) is 0 Å². The molecule has 1 aliphatic rings. The van der Waals surface area contributed by atoms with E-state index in [0.717, 1.165) is 25.9 Å². The maximum Gasteiger partial charge on any atom is 0.312 e. The Morgan fingerprint density at radius 3 is 2.38 bits per heavy atom. The number of likely N-dealkylation sites (tertiary alicyclic amines) is 1. The molecule has 0 atom stereocenters. The van der Waals surface area contributed by atoms with E-state index in [0.29, 0.717) is 0 Å². The van der Waals surface area contributed by atoms with Crippen LogP contribution in [0.15, 0.2) is 0 Å². The Morgan fingerprint density at radius 2 is 1.85 bits per heavy atom. The largest absolute Gasteiger partial charge is 0.352 e. The van der Waals surface area contributed by atoms with Gasteiger partial charge in [0, 0.05) is 13.1 Å². The van der Waals surface area contributed by atoms with Crippen LogP contribution in [0.25, 0.3) is 0 Å². The number of nitrogens with one attached hydrogen (secondary N) is 1. The summed E-state index contributed by atoms with van der Waals surface area (Å²) in [7, 11) is 0. The van der Waals surface area contributed by atoms with Crippen LogP contribution in [0.1, 0.15) is 19.3 Å². The molecule has 3 N–H and O–H groups in total. The van der Waals surface area contributed by atoms with E-state index in [1.54, 1.807) is 4.90 Å². The van der Waals surface area contributed by atoms with Crippen molar-refractivity contribution in [2.45, 2.75) is 19.3 Å². The minimum Gasteiger partial charge on any atom is -0.352 e. The Balaban J connectivity index is 2.25. The minimum absolute atomic E-state index is 0.0231. The molecule has 1 aliphatic heterocycles. The quantitative estimate of drug-likeness (QED) is 0.618. The standard InChI is InChI=1S/C8H15N3O2/c9-8(13)10-6-7(12)11-4-2-1-3-5-11/h1-6H2,(H3,9,10,13). The molecule has 1 heterocycles. The molecule has 13 heavy (non-hydrogen) atoms. The van der Waals surface area contributed by atoms with E-state index in [1.165, 1.54) is 6.42 Å². The SMILES string of the molecule is NC(=O)NCC(=O)N1CCCCC1. The van der Waals surface area contributed by atoms with Crippen molar-refractivity contribution in [1.29, 1.82) is 0 Å². The number of piperidine rings is 1. The normalized spacial score (nSPS) is 16.8. The molecule has 1 saturated heterocycles. The summed E-state index contributed by atoms with van der Waals surface area (Å²) in [6.45, 7) is 1.63. The van der Waals surface area contributed by atoms with E-state index in [-0.39, 0.29) is 12.5 Å². The van der Waals surface area contributed by atoms with Gasteiger partial charge in [0.15, 0.2) is 0 Å². The lowest BCUT2D eigenvalue weighted by Crippen LogP contribution is -2.43. The van der Waals surface area contributed by atoms with E-state index in [4.69, 9.17) is 5.73 Å². The maximum atomic E-state index is 11.4. The van der Waals surface area contributed by atoms with Crippen molar-refractivity contribution in [3.05, 3.63) is 0 Å². The topological polar surface area (TPSA) is 75.4 Å². The lowest BCUT2D eigenvalue weighted by atomic mass is 10.1. The van der Waals surface area contributed by atoms with Crippen LogP contribution in [0, 0.1) is 0 Å². The molecule has 0 unspecified atom stereocenters. The highest BCUT2D eigenvalue weighted by Crippen LogP contribution is 2.07. The first kappa shape index (κ1) is 9.83. The molecule has 0 bridgehead atoms. The highest BCUT2D eigenvalue weighted by molar-refractivity contribution is 5.83. The van der Waals surface area contributed by atoms with Gasteiger partial charge < -0.3 is 16.0 Å². The molecule has 0 radical (unpaired) electrons. The smallest absolute Gasteiger partial charge is 0.312 e. The summed E-state index contributed by atoms with van der Waals surface area (Å²) in [5.74, 6) is -0.0431. The van der Waals surface area contributed by atoms with Crippen LogP contribution < -0.4 is 11.1 Å². The number of primary amides is 1. The van der Waals surface area contributed by atoms with Crippen LogP contribution in [0.5, 0.6) is 0 Å². The molecule has 0 aromatic rings. The Bertz CT molecular complexity index is 200. The number of hydrogen-bond donors (Lipinski definition) is 2. The number of rotatable bonds is 2. The first-order valence-electron chi connectivity index (χ1n) is 4.51. The molecule has 5 heteroatoms. The van der Waals surface area contributed by atoms with Crippen LogP contribution in [-0.4, -0.2) is 36.5 Å². The zero-order chi connectivity index (χ0) is 9.68. The summed E-state index contributed by atoms with van der Waals surface area (Å²) in [5, 5.41) is 2.29. The number of carbonyl (C=O) groups excluding carboxylic acids is 2. The van der Waals surface area contributed by atoms with Gasteiger partial charge in [-0.05, 0) is 19.3 Å². The number of nitrogens with zero attached hydrogens (tertiary/aromatic N) is 1. The summed E-state index contributed by atoms with van der Waals surface area (Å²) >= 11 is 0. The van der Waals surface area contributed by atoms with E-state index in [2.05, 4.69) is 5.32 Å². The van der Waals surface area contributed by atoms with Crippen LogP contribution in [0.2, 0.25) is 0 Å². The molecule has 5 nitrogen and oxygen atoms in total. The zero-order valence-corrected chi connectivity index (χ0v) is 7.58. The fourth-order valence-electron chi connectivity index (χ4n) is 1.42. The third-order valence-electron chi connectivity index (χ3n) is 2.12. The average Bonchev–Trinajstić information content (AvgIpc) is 2.15. The van der Waals surface area contributed by atoms with Gasteiger partial charge in [0.2, 0.25) is 5.91 Å². The Labute approximate surface area is 77.3 Å². The molecule has 3 amide bonds. The Morgan fingerprint density at radius 1 is 1.23 bits per heavy atom. The van der Waals surface area contributed by atoms with E-state index in [1.807, 2.05) is 0 Å². The van der Waals surface area contributed by atoms with E-state index in [9.17, 15) is 9.59 Å². The van der Waals surface area contributed by atoms with Crippen molar-refractivity contribution in [2.24, 2.45) is 5.73 Å². The highest BCUT2D eigenvalue weighted by Gasteiger charge is 2.15. The van der Waals surface area contributed by atoms with Gasteiger partial charge in [-0.3, -0.25) is 4.79 Å². The molecule has 1 rings (SSSR count). The van der Waals surface area contributed by atoms with Crippen molar-refractivity contribution in [3.8, 4) is 0 Å². The first-order chi connectivity index (χ1) is 6.20. The predicted molar refractivity (Wildman–Crippen MR) is 48.0 cm³/mol. The summed E-state index contributed by atoms with van der Waals surface area (Å²) in [6.07, 6.45) is 3.30. The summed E-state index contributed by atoms with van der Waals surface area (Å²) in [5.41, 5.74) is 4.85. The monoisotopic (exact) mass is 185 g/mol. The lowest BCUT2D eigenvalue weighted by molar-refractivity contribution is -0.130. The van der Waals surface area contributed by atoms with Gasteiger partial charge >= 0.3 is 6.03 Å². The minimum atomic E-state index is -0.648. The van der Waals surface area contributed by atoms with E-state index < -0.39 is 6.03 Å². The third kappa shape index (κ3) is 3.31. The van der Waals surface area contributed by atoms with Crippen molar-refractivity contribution in [3.63, 3.8) is 0 Å². The number of carbonyl (C=O) groups is 2. The maximum absolute atomic E-state index is 11.4. The van der Waals surface area contributed by atoms with Gasteiger partial charge in [0.05, 0.1) is 6.54 Å². The molecule has 0 spiro atoms. The Hall–Kier alpha value is -1.26. The van der Waals surface area contributed by atoms with Crippen molar-refractivity contribution in [1.82, 2.24) is 10.2 Å². The number of amides is 3.